The number of nitrogens with one attached hydrogen (secondary N) is 3. The summed E-state index contributed by atoms with van der Waals surface area (Å²) in [5.74, 6) is 4.51. The summed E-state index contributed by atoms with van der Waals surface area (Å²) in [5, 5.41) is 0. The summed E-state index contributed by atoms with van der Waals surface area (Å²) in [7, 11) is -5.18. The van der Waals surface area contributed by atoms with E-state index in [-0.39, 0.29) is 51.1 Å². The van der Waals surface area contributed by atoms with Crippen LogP contribution in [-0.2, 0) is 36.2 Å². The molecule has 3 saturated carbocycles. The zero-order valence-electron chi connectivity index (χ0n) is 64.2. The fourth-order valence-corrected chi connectivity index (χ4v) is 19.6. The number of rotatable bonds is 25. The highest BCUT2D eigenvalue weighted by atomic mass is 32.2. The maximum Gasteiger partial charge on any atom is 0.416 e. The summed E-state index contributed by atoms with van der Waals surface area (Å²) < 4.78 is 163. The van der Waals surface area contributed by atoms with Crippen LogP contribution in [0.2, 0.25) is 0 Å². The summed E-state index contributed by atoms with van der Waals surface area (Å²) in [4.78, 5) is 15.0. The molecule has 3 N–H and O–H groups in total. The van der Waals surface area contributed by atoms with Gasteiger partial charge in [0.05, 0.1) is 79.2 Å². The van der Waals surface area contributed by atoms with Crippen molar-refractivity contribution in [2.24, 2.45) is 0 Å². The van der Waals surface area contributed by atoms with Gasteiger partial charge >= 0.3 is 6.18 Å². The van der Waals surface area contributed by atoms with Crippen LogP contribution in [0, 0.1) is 0 Å². The third kappa shape index (κ3) is 22.5. The second-order valence-electron chi connectivity index (χ2n) is 29.4. The maximum atomic E-state index is 13.1. The molecule has 22 nitrogen and oxygen atoms in total. The molecule has 3 aliphatic carbocycles. The van der Waals surface area contributed by atoms with Gasteiger partial charge in [0.15, 0.2) is 11.5 Å². The minimum absolute atomic E-state index is 0.0549. The van der Waals surface area contributed by atoms with Crippen LogP contribution in [-0.4, -0.2) is 201 Å². The van der Waals surface area contributed by atoms with E-state index in [1.54, 1.807) is 24.3 Å². The summed E-state index contributed by atoms with van der Waals surface area (Å²) in [6, 6.07) is 38.9. The molecule has 6 fully saturated rings. The maximum absolute atomic E-state index is 13.1. The number of hydrogen-bond donors (Lipinski definition) is 3. The highest BCUT2D eigenvalue weighted by Crippen LogP contribution is 2.38. The quantitative estimate of drug-likeness (QED) is 0.0485. The highest BCUT2D eigenvalue weighted by Gasteiger charge is 2.37. The molecule has 3 aliphatic heterocycles. The number of benzene rings is 6. The van der Waals surface area contributed by atoms with Crippen molar-refractivity contribution in [1.82, 2.24) is 28.9 Å². The van der Waals surface area contributed by atoms with Gasteiger partial charge in [-0.15, -0.1) is 0 Å². The van der Waals surface area contributed by atoms with Gasteiger partial charge in [-0.1, -0.05) is 36.4 Å². The van der Waals surface area contributed by atoms with E-state index in [0.29, 0.717) is 54.0 Å². The van der Waals surface area contributed by atoms with Gasteiger partial charge < -0.3 is 47.9 Å². The number of halogens is 3. The summed E-state index contributed by atoms with van der Waals surface area (Å²) >= 11 is 0. The lowest BCUT2D eigenvalue weighted by atomic mass is 9.90. The predicted molar refractivity (Wildman–Crippen MR) is 418 cm³/mol. The predicted octanol–water partition coefficient (Wildman–Crippen LogP) is 12.7. The standard InChI is InChI=1S/2C27H39N3O5S.C26H34F3N3O3S/c1-20(2)35-25-8-6-5-7-24(25)30-17-15-29(16-18-30)22-11-9-21(10-12-22)28-36(31,32)23-13-14-26(33-3)27(19-23)34-4;1-20(2)35-25-8-6-5-7-24(25)30-17-15-29(16-18-30)22-11-9-21(10-12-22)28-36(31,32)27-19-23(33-3)13-14-26(27)34-4;1-19(2)35-25-6-4-3-5-24(25)32-17-15-31(16-18-32)22-11-9-21(10-12-22)30-36(33,34)23-13-7-20(8-14-23)26(27,28)29/h2*5-8,13-14,19-22,28H,9-12,15-18H2,1-4H3;3-8,13-14,19,21-22,30H,9-12,15-18H2,1-2H3. The molecular weight excluding hydrogens is 1450 g/mol. The van der Waals surface area contributed by atoms with Crippen molar-refractivity contribution in [2.75, 3.05) is 122 Å². The smallest absolute Gasteiger partial charge is 0.416 e. The first kappa shape index (κ1) is 83.2. The van der Waals surface area contributed by atoms with Crippen molar-refractivity contribution in [1.29, 1.82) is 0 Å². The Labute approximate surface area is 639 Å². The molecule has 108 heavy (non-hydrogen) atoms. The van der Waals surface area contributed by atoms with E-state index in [4.69, 9.17) is 33.2 Å². The third-order valence-corrected chi connectivity index (χ3v) is 25.7. The molecule has 6 aromatic carbocycles. The van der Waals surface area contributed by atoms with Gasteiger partial charge in [-0.3, -0.25) is 14.7 Å². The molecule has 3 heterocycles. The van der Waals surface area contributed by atoms with Crippen LogP contribution < -0.4 is 62.0 Å². The molecular formula is C80H112F3N9O13S3. The number of para-hydroxylation sites is 6. The summed E-state index contributed by atoms with van der Waals surface area (Å²) in [5.41, 5.74) is 2.58. The van der Waals surface area contributed by atoms with Crippen LogP contribution in [0.3, 0.4) is 0 Å². The molecule has 0 aromatic heterocycles. The molecule has 3 saturated heterocycles. The number of ether oxygens (including phenoxy) is 7. The number of piperazine rings is 3. The fourth-order valence-electron chi connectivity index (χ4n) is 15.5. The molecule has 0 spiro atoms. The molecule has 0 atom stereocenters. The molecule has 0 bridgehead atoms. The zero-order valence-corrected chi connectivity index (χ0v) is 66.7. The number of sulfonamides is 3. The number of anilines is 3. The van der Waals surface area contributed by atoms with Crippen LogP contribution in [0.25, 0.3) is 0 Å². The Bertz CT molecular complexity index is 4170. The van der Waals surface area contributed by atoms with E-state index in [9.17, 15) is 38.4 Å². The fraction of sp³-hybridized carbons (Fsp3) is 0.550. The van der Waals surface area contributed by atoms with Gasteiger partial charge in [0.25, 0.3) is 0 Å². The normalized spacial score (nSPS) is 21.6. The third-order valence-electron chi connectivity index (χ3n) is 21.1. The van der Waals surface area contributed by atoms with Crippen molar-refractivity contribution >= 4 is 47.1 Å². The van der Waals surface area contributed by atoms with Crippen LogP contribution in [0.4, 0.5) is 30.2 Å². The number of methoxy groups -OCH3 is 4. The highest BCUT2D eigenvalue weighted by molar-refractivity contribution is 7.90. The zero-order chi connectivity index (χ0) is 77.3. The molecule has 6 aromatic rings. The first-order chi connectivity index (χ1) is 51.6. The summed E-state index contributed by atoms with van der Waals surface area (Å²) in [6.45, 7) is 23.8. The van der Waals surface area contributed by atoms with E-state index < -0.39 is 41.8 Å². The molecule has 6 aliphatic rings. The molecule has 0 amide bonds. The SMILES string of the molecule is CC(C)Oc1ccccc1N1CCN(C2CCC(NS(=O)(=O)c3ccc(C(F)(F)F)cc3)CC2)CC1.COc1ccc(OC)c(S(=O)(=O)NC2CCC(N3CCN(c4ccccc4OC(C)C)CC3)CC2)c1.COc1ccc(S(=O)(=O)NC2CCC(N3CCN(c4ccccc4OC(C)C)CC3)CC2)cc1OC. The molecule has 12 rings (SSSR count). The van der Waals surface area contributed by atoms with Crippen LogP contribution >= 0.6 is 0 Å². The number of hydrogen-bond acceptors (Lipinski definition) is 19. The van der Waals surface area contributed by atoms with E-state index in [1.807, 2.05) is 56.3 Å². The van der Waals surface area contributed by atoms with Crippen molar-refractivity contribution in [3.05, 3.63) is 139 Å². The van der Waals surface area contributed by atoms with E-state index >= 15 is 0 Å². The Kier molecular flexibility index (Phi) is 29.3. The van der Waals surface area contributed by atoms with Gasteiger partial charge in [0.2, 0.25) is 30.1 Å². The van der Waals surface area contributed by atoms with Crippen LogP contribution in [0.5, 0.6) is 40.2 Å². The van der Waals surface area contributed by atoms with E-state index in [2.05, 4.69) is 102 Å². The first-order valence-electron chi connectivity index (χ1n) is 38.1. The van der Waals surface area contributed by atoms with Crippen molar-refractivity contribution < 1.29 is 71.6 Å². The average Bonchev–Trinajstić information content (AvgIpc) is 0.757. The molecule has 0 unspecified atom stereocenters. The lowest BCUT2D eigenvalue weighted by Crippen LogP contribution is -2.52. The van der Waals surface area contributed by atoms with E-state index in [0.717, 1.165) is 196 Å². The van der Waals surface area contributed by atoms with Gasteiger partial charge in [-0.25, -0.2) is 39.4 Å². The number of nitrogens with zero attached hydrogens (tertiary/aromatic N) is 6. The Morgan fingerprint density at radius 2 is 0.676 bits per heavy atom. The number of alkyl halides is 3. The Morgan fingerprint density at radius 3 is 1.01 bits per heavy atom. The summed E-state index contributed by atoms with van der Waals surface area (Å²) in [6.07, 6.45) is 6.34. The van der Waals surface area contributed by atoms with Crippen molar-refractivity contribution in [3.63, 3.8) is 0 Å². The van der Waals surface area contributed by atoms with Gasteiger partial charge in [-0.2, -0.15) is 13.2 Å². The molecule has 0 radical (unpaired) electrons. The second-order valence-corrected chi connectivity index (χ2v) is 34.5. The van der Waals surface area contributed by atoms with Gasteiger partial charge in [0, 0.05) is 127 Å². The molecule has 594 valence electrons. The van der Waals surface area contributed by atoms with Crippen molar-refractivity contribution in [2.45, 2.75) is 194 Å². The second kappa shape index (κ2) is 38.1. The lowest BCUT2D eigenvalue weighted by Gasteiger charge is -2.43. The Hall–Kier alpha value is -7.28. The topological polar surface area (TPSA) is 223 Å². The monoisotopic (exact) mass is 1560 g/mol. The Balaban J connectivity index is 0.000000173. The minimum Gasteiger partial charge on any atom is -0.497 e. The lowest BCUT2D eigenvalue weighted by molar-refractivity contribution is -0.137. The average molecular weight is 1560 g/mol. The van der Waals surface area contributed by atoms with Crippen LogP contribution in [0.15, 0.2) is 148 Å². The van der Waals surface area contributed by atoms with Crippen molar-refractivity contribution in [3.8, 4) is 40.2 Å². The van der Waals surface area contributed by atoms with Crippen LogP contribution in [0.1, 0.15) is 124 Å². The minimum atomic E-state index is -4.50. The first-order valence-corrected chi connectivity index (χ1v) is 42.5. The largest absolute Gasteiger partial charge is 0.497 e. The van der Waals surface area contributed by atoms with Gasteiger partial charge in [0.1, 0.15) is 33.6 Å². The Morgan fingerprint density at radius 1 is 0.352 bits per heavy atom. The van der Waals surface area contributed by atoms with Gasteiger partial charge in [-0.05, 0) is 204 Å². The molecule has 28 heteroatoms. The van der Waals surface area contributed by atoms with E-state index in [1.165, 1.54) is 46.3 Å².